The molecule has 0 saturated heterocycles. The number of carboxylic acids is 1. The Morgan fingerprint density at radius 1 is 1.00 bits per heavy atom. The molecular formula is C27H43N2O8P. The summed E-state index contributed by atoms with van der Waals surface area (Å²) in [6.07, 6.45) is 14.5. The number of carbonyl (C=O) groups is 1. The van der Waals surface area contributed by atoms with E-state index >= 15 is 0 Å². The summed E-state index contributed by atoms with van der Waals surface area (Å²) in [6.45, 7) is 2.14. The van der Waals surface area contributed by atoms with E-state index in [0.717, 1.165) is 17.7 Å². The molecule has 2 rings (SSSR count). The van der Waals surface area contributed by atoms with Crippen LogP contribution < -0.4 is 10.5 Å². The quantitative estimate of drug-likeness (QED) is 0.126. The van der Waals surface area contributed by atoms with Crippen LogP contribution in [0.2, 0.25) is 0 Å². The number of oxazole rings is 1. The number of benzene rings is 1. The van der Waals surface area contributed by atoms with E-state index in [1.165, 1.54) is 51.4 Å². The van der Waals surface area contributed by atoms with Crippen LogP contribution in [0.5, 0.6) is 5.75 Å². The maximum Gasteiger partial charge on any atom is 0.472 e. The molecule has 4 N–H and O–H groups in total. The Morgan fingerprint density at radius 2 is 1.68 bits per heavy atom. The number of phosphoric acid groups is 1. The Bertz CT molecular complexity index is 983. The molecule has 38 heavy (non-hydrogen) atoms. The number of phosphoric ester groups is 1. The van der Waals surface area contributed by atoms with Gasteiger partial charge in [0.2, 0.25) is 0 Å². The van der Waals surface area contributed by atoms with Crippen LogP contribution in [-0.4, -0.2) is 46.8 Å². The molecule has 1 aromatic carbocycles. The average Bonchev–Trinajstić information content (AvgIpc) is 3.35. The summed E-state index contributed by atoms with van der Waals surface area (Å²) in [7, 11) is -4.42. The largest absolute Gasteiger partial charge is 0.493 e. The first-order valence-corrected chi connectivity index (χ1v) is 15.0. The molecular weight excluding hydrogens is 511 g/mol. The van der Waals surface area contributed by atoms with Crippen molar-refractivity contribution in [3.63, 3.8) is 0 Å². The number of nitrogens with two attached hydrogens (primary N) is 1. The van der Waals surface area contributed by atoms with Crippen molar-refractivity contribution < 1.29 is 37.6 Å². The second-order valence-corrected chi connectivity index (χ2v) is 10.8. The van der Waals surface area contributed by atoms with Gasteiger partial charge in [-0.3, -0.25) is 13.8 Å². The number of para-hydroxylation sites is 1. The third kappa shape index (κ3) is 13.5. The fourth-order valence-corrected chi connectivity index (χ4v) is 4.56. The lowest BCUT2D eigenvalue weighted by Crippen LogP contribution is -2.34. The maximum atomic E-state index is 11.8. The lowest BCUT2D eigenvalue weighted by Gasteiger charge is -2.13. The summed E-state index contributed by atoms with van der Waals surface area (Å²) < 4.78 is 33.0. The minimum atomic E-state index is -4.42. The summed E-state index contributed by atoms with van der Waals surface area (Å²) in [4.78, 5) is 24.6. The molecule has 0 spiro atoms. The van der Waals surface area contributed by atoms with E-state index in [-0.39, 0.29) is 13.0 Å². The van der Waals surface area contributed by atoms with Crippen molar-refractivity contribution in [2.24, 2.45) is 5.73 Å². The first-order valence-electron chi connectivity index (χ1n) is 13.5. The van der Waals surface area contributed by atoms with Gasteiger partial charge in [0.15, 0.2) is 5.89 Å². The number of hydrogen-bond donors (Lipinski definition) is 3. The van der Waals surface area contributed by atoms with Crippen LogP contribution in [0.1, 0.15) is 81.9 Å². The number of unbranched alkanes of at least 4 members (excludes halogenated alkanes) is 8. The van der Waals surface area contributed by atoms with Gasteiger partial charge in [-0.25, -0.2) is 9.55 Å². The second-order valence-electron chi connectivity index (χ2n) is 9.30. The fourth-order valence-electron chi connectivity index (χ4n) is 3.81. The van der Waals surface area contributed by atoms with Crippen molar-refractivity contribution in [1.82, 2.24) is 4.98 Å². The molecule has 0 aliphatic carbocycles. The molecule has 1 unspecified atom stereocenters. The molecule has 11 heteroatoms. The van der Waals surface area contributed by atoms with Crippen LogP contribution in [0.15, 0.2) is 34.9 Å². The van der Waals surface area contributed by atoms with Crippen LogP contribution >= 0.6 is 7.82 Å². The summed E-state index contributed by atoms with van der Waals surface area (Å²) in [6, 6.07) is 6.56. The van der Waals surface area contributed by atoms with Crippen LogP contribution in [0.25, 0.3) is 0 Å². The van der Waals surface area contributed by atoms with Gasteiger partial charge in [0.05, 0.1) is 26.0 Å². The zero-order valence-corrected chi connectivity index (χ0v) is 23.3. The summed E-state index contributed by atoms with van der Waals surface area (Å²) in [5.41, 5.74) is 6.33. The molecule has 0 amide bonds. The zero-order valence-electron chi connectivity index (χ0n) is 22.4. The number of aryl methyl sites for hydroxylation is 2. The number of aromatic nitrogens is 1. The Morgan fingerprint density at radius 3 is 2.39 bits per heavy atom. The number of rotatable bonds is 22. The van der Waals surface area contributed by atoms with Gasteiger partial charge in [0.1, 0.15) is 17.6 Å². The Kier molecular flexibility index (Phi) is 15.3. The SMILES string of the molecule is CCCCCCCCCCCOc1ccccc1CCc1ncc(CCOP(=O)(O)OC[C@H](N)C(=O)O)o1. The lowest BCUT2D eigenvalue weighted by atomic mass is 10.1. The van der Waals surface area contributed by atoms with Crippen molar-refractivity contribution in [1.29, 1.82) is 0 Å². The van der Waals surface area contributed by atoms with Crippen LogP contribution in [0.4, 0.5) is 0 Å². The highest BCUT2D eigenvalue weighted by molar-refractivity contribution is 7.47. The predicted octanol–water partition coefficient (Wildman–Crippen LogP) is 5.46. The number of nitrogens with zero attached hydrogens (tertiary/aromatic N) is 1. The van der Waals surface area contributed by atoms with Crippen molar-refractivity contribution in [2.45, 2.75) is 90.0 Å². The molecule has 214 valence electrons. The normalized spacial score (nSPS) is 13.8. The third-order valence-electron chi connectivity index (χ3n) is 6.03. The first kappa shape index (κ1) is 32.0. The Hall–Kier alpha value is -2.23. The highest BCUT2D eigenvalue weighted by Gasteiger charge is 2.24. The lowest BCUT2D eigenvalue weighted by molar-refractivity contribution is -0.139. The van der Waals surface area contributed by atoms with E-state index in [0.29, 0.717) is 31.1 Å². The number of aliphatic carboxylic acids is 1. The molecule has 2 aromatic rings. The molecule has 0 aliphatic rings. The monoisotopic (exact) mass is 554 g/mol. The van der Waals surface area contributed by atoms with Crippen LogP contribution in [0, 0.1) is 0 Å². The second kappa shape index (κ2) is 18.1. The van der Waals surface area contributed by atoms with Crippen LogP contribution in [-0.2, 0) is 37.7 Å². The van der Waals surface area contributed by atoms with E-state index in [9.17, 15) is 14.3 Å². The van der Waals surface area contributed by atoms with Crippen molar-refractivity contribution in [3.8, 4) is 5.75 Å². The van der Waals surface area contributed by atoms with Gasteiger partial charge in [0.25, 0.3) is 0 Å². The van der Waals surface area contributed by atoms with E-state index in [4.69, 9.17) is 24.5 Å². The summed E-state index contributed by atoms with van der Waals surface area (Å²) >= 11 is 0. The number of hydrogen-bond acceptors (Lipinski definition) is 8. The third-order valence-corrected chi connectivity index (χ3v) is 7.01. The van der Waals surface area contributed by atoms with Gasteiger partial charge in [-0.05, 0) is 24.5 Å². The standard InChI is InChI=1S/C27H43N2O8P/c1-2-3-4-5-6-7-8-9-12-18-34-25-14-11-10-13-22(25)15-16-26-29-20-23(37-26)17-19-35-38(32,33)36-21-24(28)27(30)31/h10-11,13-14,20,24H,2-9,12,15-19,21,28H2,1H3,(H,30,31)(H,32,33)/t24-/m0/s1. The van der Waals surface area contributed by atoms with Gasteiger partial charge >= 0.3 is 13.8 Å². The number of ether oxygens (including phenoxy) is 1. The summed E-state index contributed by atoms with van der Waals surface area (Å²) in [5, 5.41) is 8.69. The summed E-state index contributed by atoms with van der Waals surface area (Å²) in [5.74, 6) is 0.586. The van der Waals surface area contributed by atoms with Gasteiger partial charge in [0, 0.05) is 12.8 Å². The predicted molar refractivity (Wildman–Crippen MR) is 144 cm³/mol. The Labute approximate surface area is 225 Å². The average molecular weight is 555 g/mol. The van der Waals surface area contributed by atoms with Crippen molar-refractivity contribution >= 4 is 13.8 Å². The molecule has 10 nitrogen and oxygen atoms in total. The Balaban J connectivity index is 1.66. The van der Waals surface area contributed by atoms with Gasteiger partial charge in [-0.15, -0.1) is 0 Å². The smallest absolute Gasteiger partial charge is 0.472 e. The topological polar surface area (TPSA) is 154 Å². The van der Waals surface area contributed by atoms with E-state index < -0.39 is 26.4 Å². The molecule has 0 bridgehead atoms. The molecule has 0 fully saturated rings. The van der Waals surface area contributed by atoms with Gasteiger partial charge in [-0.2, -0.15) is 0 Å². The van der Waals surface area contributed by atoms with E-state index in [1.807, 2.05) is 24.3 Å². The molecule has 1 aromatic heterocycles. The minimum Gasteiger partial charge on any atom is -0.493 e. The fraction of sp³-hybridized carbons (Fsp3) is 0.630. The molecule has 2 atom stereocenters. The molecule has 0 radical (unpaired) electrons. The zero-order chi connectivity index (χ0) is 27.6. The molecule has 0 aliphatic heterocycles. The van der Waals surface area contributed by atoms with Gasteiger partial charge < -0.3 is 24.9 Å². The highest BCUT2D eigenvalue weighted by Crippen LogP contribution is 2.43. The number of carboxylic acid groups (broad SMARTS) is 1. The van der Waals surface area contributed by atoms with E-state index in [2.05, 4.69) is 16.4 Å². The maximum absolute atomic E-state index is 11.8. The minimum absolute atomic E-state index is 0.166. The van der Waals surface area contributed by atoms with Crippen LogP contribution in [0.3, 0.4) is 0 Å². The molecule has 1 heterocycles. The van der Waals surface area contributed by atoms with Crippen molar-refractivity contribution in [3.05, 3.63) is 47.7 Å². The highest BCUT2D eigenvalue weighted by atomic mass is 31.2. The van der Waals surface area contributed by atoms with Crippen molar-refractivity contribution in [2.75, 3.05) is 19.8 Å². The van der Waals surface area contributed by atoms with E-state index in [1.54, 1.807) is 6.20 Å². The van der Waals surface area contributed by atoms with Gasteiger partial charge in [-0.1, -0.05) is 76.5 Å². The molecule has 0 saturated carbocycles. The first-order chi connectivity index (χ1) is 18.3.